The summed E-state index contributed by atoms with van der Waals surface area (Å²) < 4.78 is 37.4. The Hall–Kier alpha value is -2.01. The molecule has 6 atom stereocenters. The Bertz CT molecular complexity index is 1100. The highest BCUT2D eigenvalue weighted by atomic mass is 28.4. The van der Waals surface area contributed by atoms with Crippen molar-refractivity contribution < 1.29 is 47.6 Å². The molecule has 0 aliphatic carbocycles. The van der Waals surface area contributed by atoms with E-state index in [1.165, 1.54) is 26.0 Å². The Morgan fingerprint density at radius 3 is 2.00 bits per heavy atom. The largest absolute Gasteiger partial charge is 0.457 e. The minimum Gasteiger partial charge on any atom is -0.457 e. The monoisotopic (exact) mass is 654 g/mol. The van der Waals surface area contributed by atoms with Gasteiger partial charge < -0.3 is 38.0 Å². The molecule has 0 radical (unpaired) electrons. The molecular weight excluding hydrogens is 601 g/mol. The van der Waals surface area contributed by atoms with Gasteiger partial charge in [-0.1, -0.05) is 59.5 Å². The third-order valence-corrected chi connectivity index (χ3v) is 17.2. The first-order valence-corrected chi connectivity index (χ1v) is 20.8. The molecule has 0 bridgehead atoms. The normalized spacial score (nSPS) is 23.6. The average Bonchev–Trinajstić information content (AvgIpc) is 2.86. The Morgan fingerprint density at radius 2 is 1.48 bits per heavy atom. The lowest BCUT2D eigenvalue weighted by Gasteiger charge is -2.49. The van der Waals surface area contributed by atoms with Gasteiger partial charge in [0.05, 0.1) is 19.8 Å². The molecule has 0 amide bonds. The maximum atomic E-state index is 12.4. The first-order valence-electron chi connectivity index (χ1n) is 15.0. The molecule has 10 nitrogen and oxygen atoms in total. The van der Waals surface area contributed by atoms with Crippen molar-refractivity contribution >= 4 is 28.6 Å². The molecule has 1 aliphatic rings. The fourth-order valence-corrected chi connectivity index (χ4v) is 5.95. The van der Waals surface area contributed by atoms with E-state index >= 15 is 0 Å². The van der Waals surface area contributed by atoms with Crippen molar-refractivity contribution in [3.8, 4) is 23.7 Å². The third kappa shape index (κ3) is 12.8. The zero-order valence-corrected chi connectivity index (χ0v) is 30.6. The minimum atomic E-state index is -2.52. The maximum absolute atomic E-state index is 12.4. The van der Waals surface area contributed by atoms with Crippen LogP contribution in [-0.2, 0) is 37.4 Å². The van der Waals surface area contributed by atoms with Crippen molar-refractivity contribution in [1.82, 2.24) is 0 Å². The van der Waals surface area contributed by atoms with E-state index in [9.17, 15) is 14.7 Å². The molecule has 1 heterocycles. The van der Waals surface area contributed by atoms with E-state index in [1.807, 2.05) is 0 Å². The number of ether oxygens (including phenoxy) is 4. The molecule has 0 unspecified atom stereocenters. The Kier molecular flexibility index (Phi) is 15.5. The number of allylic oxidation sites excluding steroid dienone is 1. The van der Waals surface area contributed by atoms with Crippen LogP contribution in [0.1, 0.15) is 61.8 Å². The summed E-state index contributed by atoms with van der Waals surface area (Å²) in [5.41, 5.74) is 0. The average molecular weight is 655 g/mol. The topological polar surface area (TPSA) is 130 Å². The second kappa shape index (κ2) is 17.1. The second-order valence-corrected chi connectivity index (χ2v) is 23.5. The molecule has 0 saturated carbocycles. The van der Waals surface area contributed by atoms with E-state index in [1.54, 1.807) is 0 Å². The quantitative estimate of drug-likeness (QED) is 0.178. The third-order valence-electron chi connectivity index (χ3n) is 8.20. The van der Waals surface area contributed by atoms with Crippen molar-refractivity contribution in [3.63, 3.8) is 0 Å². The van der Waals surface area contributed by atoms with Gasteiger partial charge in [0, 0.05) is 20.3 Å². The lowest BCUT2D eigenvalue weighted by Crippen LogP contribution is -2.65. The number of aliphatic hydroxyl groups is 2. The molecule has 44 heavy (non-hydrogen) atoms. The molecule has 0 aromatic rings. The van der Waals surface area contributed by atoms with Crippen molar-refractivity contribution in [3.05, 3.63) is 12.2 Å². The van der Waals surface area contributed by atoms with Gasteiger partial charge in [-0.25, -0.2) is 0 Å². The van der Waals surface area contributed by atoms with Gasteiger partial charge in [-0.2, -0.15) is 0 Å². The van der Waals surface area contributed by atoms with Crippen molar-refractivity contribution in [1.29, 1.82) is 0 Å². The molecule has 1 fully saturated rings. The summed E-state index contributed by atoms with van der Waals surface area (Å²) in [7, 11) is -4.76. The standard InChI is InChI=1S/C32H54O10Si2/c1-23(34)39-27-26(22-38-43(9,10)31(3,4)5)41-30(37-21-19-25(36)18-16-14-13-15-17-20-33)29(40-24(2)35)28(27)42-44(11,12)32(6,7)8/h15,17,25-30,33,36H,19-22H2,1-12H3/b17-15+/t25-,26+,27+,28-,29+,30+/m0/s1. The minimum absolute atomic E-state index is 0.0109. The molecule has 1 aliphatic heterocycles. The van der Waals surface area contributed by atoms with Crippen LogP contribution in [-0.4, -0.2) is 95.4 Å². The van der Waals surface area contributed by atoms with Gasteiger partial charge in [0.2, 0.25) is 0 Å². The predicted molar refractivity (Wildman–Crippen MR) is 173 cm³/mol. The van der Waals surface area contributed by atoms with Crippen LogP contribution in [0, 0.1) is 23.7 Å². The van der Waals surface area contributed by atoms with Crippen LogP contribution < -0.4 is 0 Å². The van der Waals surface area contributed by atoms with Crippen LogP contribution in [0.25, 0.3) is 0 Å². The zero-order valence-electron chi connectivity index (χ0n) is 28.6. The number of esters is 2. The summed E-state index contributed by atoms with van der Waals surface area (Å²) in [5, 5.41) is 18.8. The molecule has 1 saturated heterocycles. The molecule has 1 rings (SSSR count). The molecule has 12 heteroatoms. The number of hydrogen-bond acceptors (Lipinski definition) is 10. The lowest BCUT2D eigenvalue weighted by molar-refractivity contribution is -0.303. The Balaban J connectivity index is 3.43. The van der Waals surface area contributed by atoms with E-state index in [0.717, 1.165) is 0 Å². The van der Waals surface area contributed by atoms with E-state index in [-0.39, 0.29) is 36.3 Å². The number of carbonyl (C=O) groups is 2. The number of hydrogen-bond donors (Lipinski definition) is 2. The van der Waals surface area contributed by atoms with Gasteiger partial charge >= 0.3 is 11.9 Å². The van der Waals surface area contributed by atoms with Crippen LogP contribution in [0.15, 0.2) is 12.2 Å². The molecule has 0 aromatic heterocycles. The van der Waals surface area contributed by atoms with Gasteiger partial charge in [-0.15, -0.1) is 0 Å². The fraction of sp³-hybridized carbons (Fsp3) is 0.750. The first-order chi connectivity index (χ1) is 20.1. The number of rotatable bonds is 12. The van der Waals surface area contributed by atoms with Gasteiger partial charge in [-0.3, -0.25) is 9.59 Å². The van der Waals surface area contributed by atoms with Crippen molar-refractivity contribution in [2.24, 2.45) is 0 Å². The van der Waals surface area contributed by atoms with Crippen molar-refractivity contribution in [2.45, 2.75) is 135 Å². The van der Waals surface area contributed by atoms with Crippen LogP contribution in [0.5, 0.6) is 0 Å². The Labute approximate surface area is 266 Å². The lowest BCUT2D eigenvalue weighted by atomic mass is 9.98. The summed E-state index contributed by atoms with van der Waals surface area (Å²) in [6.45, 7) is 23.6. The van der Waals surface area contributed by atoms with E-state index in [2.05, 4.69) is 91.4 Å². The summed E-state index contributed by atoms with van der Waals surface area (Å²) in [6, 6.07) is 0. The van der Waals surface area contributed by atoms with Crippen LogP contribution >= 0.6 is 0 Å². The predicted octanol–water partition coefficient (Wildman–Crippen LogP) is 4.31. The summed E-state index contributed by atoms with van der Waals surface area (Å²) in [4.78, 5) is 24.7. The van der Waals surface area contributed by atoms with Crippen LogP contribution in [0.2, 0.25) is 36.3 Å². The van der Waals surface area contributed by atoms with Gasteiger partial charge in [-0.05, 0) is 54.2 Å². The number of aliphatic hydroxyl groups excluding tert-OH is 2. The first kappa shape index (κ1) is 40.0. The van der Waals surface area contributed by atoms with Crippen LogP contribution in [0.4, 0.5) is 0 Å². The van der Waals surface area contributed by atoms with Crippen LogP contribution in [0.3, 0.4) is 0 Å². The molecule has 0 aromatic carbocycles. The molecular formula is C32H54O10Si2. The smallest absolute Gasteiger partial charge is 0.303 e. The highest BCUT2D eigenvalue weighted by Gasteiger charge is 2.54. The fourth-order valence-electron chi connectivity index (χ4n) is 3.63. The van der Waals surface area contributed by atoms with E-state index in [0.29, 0.717) is 0 Å². The number of carbonyl (C=O) groups excluding carboxylic acids is 2. The van der Waals surface area contributed by atoms with Crippen molar-refractivity contribution in [2.75, 3.05) is 19.8 Å². The van der Waals surface area contributed by atoms with Gasteiger partial charge in [0.1, 0.15) is 18.3 Å². The second-order valence-electron chi connectivity index (χ2n) is 13.9. The molecule has 2 N–H and O–H groups in total. The SMILES string of the molecule is CC(=O)O[C@H]1[C@H](OCC[C@@H](O)C#CC#C/C=C/CO)O[C@H](CO[Si](C)(C)C(C)(C)C)[C@@H](OC(C)=O)[C@@H]1O[Si](C)(C)C(C)(C)C. The summed E-state index contributed by atoms with van der Waals surface area (Å²) in [6.07, 6.45) is -2.76. The van der Waals surface area contributed by atoms with Gasteiger partial charge in [0.25, 0.3) is 0 Å². The highest BCUT2D eigenvalue weighted by Crippen LogP contribution is 2.41. The van der Waals surface area contributed by atoms with E-state index < -0.39 is 65.4 Å². The summed E-state index contributed by atoms with van der Waals surface area (Å²) >= 11 is 0. The van der Waals surface area contributed by atoms with Gasteiger partial charge in [0.15, 0.2) is 35.1 Å². The molecule has 0 spiro atoms. The maximum Gasteiger partial charge on any atom is 0.303 e. The summed E-state index contributed by atoms with van der Waals surface area (Å²) in [5.74, 6) is 9.27. The zero-order chi connectivity index (χ0) is 33.9. The molecule has 250 valence electrons. The Morgan fingerprint density at radius 1 is 0.909 bits per heavy atom. The highest BCUT2D eigenvalue weighted by molar-refractivity contribution is 6.74. The van der Waals surface area contributed by atoms with E-state index in [4.69, 9.17) is 32.9 Å².